The normalized spacial score (nSPS) is 24.6. The van der Waals surface area contributed by atoms with Crippen molar-refractivity contribution in [3.8, 4) is 0 Å². The number of benzene rings is 2. The number of hydrogen-bond acceptors (Lipinski definition) is 2. The Hall–Kier alpha value is -1.64. The summed E-state index contributed by atoms with van der Waals surface area (Å²) in [5.74, 6) is 0. The van der Waals surface area contributed by atoms with E-state index in [1.165, 1.54) is 23.1 Å². The minimum atomic E-state index is -0.716. The predicted octanol–water partition coefficient (Wildman–Crippen LogP) is 3.02. The molecule has 0 amide bonds. The van der Waals surface area contributed by atoms with Crippen LogP contribution in [0.5, 0.6) is 0 Å². The molecule has 2 aromatic carbocycles. The van der Waals surface area contributed by atoms with Gasteiger partial charge in [-0.05, 0) is 48.6 Å². The fourth-order valence-corrected chi connectivity index (χ4v) is 3.27. The van der Waals surface area contributed by atoms with Crippen LogP contribution in [0.4, 0.5) is 0 Å². The second kappa shape index (κ2) is 5.63. The third kappa shape index (κ3) is 2.74. The molecule has 0 saturated carbocycles. The summed E-state index contributed by atoms with van der Waals surface area (Å²) in [6, 6.07) is 16.9. The first-order chi connectivity index (χ1) is 10.1. The lowest BCUT2D eigenvalue weighted by Gasteiger charge is -2.27. The van der Waals surface area contributed by atoms with Crippen LogP contribution in [0.25, 0.3) is 0 Å². The van der Waals surface area contributed by atoms with E-state index in [0.717, 1.165) is 18.5 Å². The van der Waals surface area contributed by atoms with Crippen molar-refractivity contribution in [2.75, 3.05) is 6.54 Å². The molecule has 0 radical (unpaired) electrons. The van der Waals surface area contributed by atoms with Gasteiger partial charge >= 0.3 is 0 Å². The zero-order valence-electron chi connectivity index (χ0n) is 12.8. The number of rotatable bonds is 2. The summed E-state index contributed by atoms with van der Waals surface area (Å²) in [6.07, 6.45) is 2.15. The molecule has 0 fully saturated rings. The highest BCUT2D eigenvalue weighted by molar-refractivity contribution is 5.39. The van der Waals surface area contributed by atoms with Gasteiger partial charge in [-0.2, -0.15) is 0 Å². The van der Waals surface area contributed by atoms with Gasteiger partial charge < -0.3 is 10.4 Å². The molecule has 0 spiro atoms. The number of nitrogens with one attached hydrogen (secondary N) is 1. The standard InChI is InChI=1S/C12H17NO.C7H6/c1-3-13-11-8-9-6-4-5-7-10(9)12(11,2)14;1-2-6-4-7(3-1)5-6/h4-7,11,13-14H,3,8H2,1-2H3;1-4H,5H2. The first kappa shape index (κ1) is 14.3. The monoisotopic (exact) mass is 281 g/mol. The Morgan fingerprint density at radius 1 is 1.14 bits per heavy atom. The van der Waals surface area contributed by atoms with Crippen LogP contribution < -0.4 is 5.32 Å². The third-order valence-electron chi connectivity index (χ3n) is 4.52. The average molecular weight is 281 g/mol. The second-order valence-electron chi connectivity index (χ2n) is 6.12. The number of fused-ring (bicyclic) bond motifs is 3. The van der Waals surface area contributed by atoms with Gasteiger partial charge in [-0.25, -0.2) is 0 Å². The molecule has 2 bridgehead atoms. The zero-order valence-corrected chi connectivity index (χ0v) is 12.8. The summed E-state index contributed by atoms with van der Waals surface area (Å²) in [7, 11) is 0. The molecule has 2 heteroatoms. The maximum atomic E-state index is 10.4. The lowest BCUT2D eigenvalue weighted by molar-refractivity contribution is 0.0283. The summed E-state index contributed by atoms with van der Waals surface area (Å²) >= 11 is 0. The van der Waals surface area contributed by atoms with Gasteiger partial charge in [0.1, 0.15) is 5.60 Å². The molecule has 2 atom stereocenters. The highest BCUT2D eigenvalue weighted by Gasteiger charge is 2.40. The van der Waals surface area contributed by atoms with Crippen LogP contribution >= 0.6 is 0 Å². The van der Waals surface area contributed by atoms with Crippen molar-refractivity contribution in [2.24, 2.45) is 0 Å². The molecule has 2 aromatic rings. The Labute approximate surface area is 126 Å². The average Bonchev–Trinajstić information content (AvgIpc) is 2.72. The smallest absolute Gasteiger partial charge is 0.103 e. The molecular weight excluding hydrogens is 258 g/mol. The van der Waals surface area contributed by atoms with Gasteiger partial charge in [0.25, 0.3) is 0 Å². The molecule has 2 unspecified atom stereocenters. The van der Waals surface area contributed by atoms with E-state index >= 15 is 0 Å². The highest BCUT2D eigenvalue weighted by Crippen LogP contribution is 2.36. The van der Waals surface area contributed by atoms with Crippen molar-refractivity contribution in [1.82, 2.24) is 5.32 Å². The van der Waals surface area contributed by atoms with Crippen molar-refractivity contribution in [1.29, 1.82) is 0 Å². The summed E-state index contributed by atoms with van der Waals surface area (Å²) in [5.41, 5.74) is 4.59. The van der Waals surface area contributed by atoms with E-state index in [-0.39, 0.29) is 6.04 Å². The van der Waals surface area contributed by atoms with E-state index in [1.54, 1.807) is 0 Å². The summed E-state index contributed by atoms with van der Waals surface area (Å²) in [5, 5.41) is 13.7. The van der Waals surface area contributed by atoms with Crippen LogP contribution in [0.1, 0.15) is 36.1 Å². The number of hydrogen-bond donors (Lipinski definition) is 2. The molecule has 3 aliphatic carbocycles. The van der Waals surface area contributed by atoms with Crippen molar-refractivity contribution < 1.29 is 5.11 Å². The van der Waals surface area contributed by atoms with E-state index in [9.17, 15) is 5.11 Å². The highest BCUT2D eigenvalue weighted by atomic mass is 16.3. The lowest BCUT2D eigenvalue weighted by Crippen LogP contribution is -2.43. The number of aliphatic hydroxyl groups is 1. The first-order valence-corrected chi connectivity index (χ1v) is 7.73. The molecule has 21 heavy (non-hydrogen) atoms. The van der Waals surface area contributed by atoms with Crippen LogP contribution in [-0.2, 0) is 18.4 Å². The summed E-state index contributed by atoms with van der Waals surface area (Å²) in [6.45, 7) is 4.86. The molecule has 110 valence electrons. The van der Waals surface area contributed by atoms with Gasteiger partial charge in [0.2, 0.25) is 0 Å². The van der Waals surface area contributed by atoms with E-state index in [0.29, 0.717) is 0 Å². The molecule has 3 aliphatic rings. The SMILES string of the molecule is CCNC1Cc2ccccc2C1(C)O.c1cc2cc(c1)C2. The Morgan fingerprint density at radius 3 is 2.29 bits per heavy atom. The van der Waals surface area contributed by atoms with E-state index in [4.69, 9.17) is 0 Å². The van der Waals surface area contributed by atoms with Crippen molar-refractivity contribution in [3.63, 3.8) is 0 Å². The van der Waals surface area contributed by atoms with E-state index < -0.39 is 5.60 Å². The molecule has 0 aromatic heterocycles. The fourth-order valence-electron chi connectivity index (χ4n) is 3.27. The van der Waals surface area contributed by atoms with Crippen LogP contribution in [0.15, 0.2) is 48.5 Å². The lowest BCUT2D eigenvalue weighted by atomic mass is 9.94. The van der Waals surface area contributed by atoms with Crippen molar-refractivity contribution in [3.05, 3.63) is 70.8 Å². The number of likely N-dealkylation sites (N-methyl/N-ethyl adjacent to an activating group) is 1. The summed E-state index contributed by atoms with van der Waals surface area (Å²) < 4.78 is 0. The van der Waals surface area contributed by atoms with Gasteiger partial charge in [0.05, 0.1) is 0 Å². The molecule has 5 rings (SSSR count). The summed E-state index contributed by atoms with van der Waals surface area (Å²) in [4.78, 5) is 0. The molecule has 2 nitrogen and oxygen atoms in total. The quantitative estimate of drug-likeness (QED) is 0.757. The Bertz CT molecular complexity index is 608. The van der Waals surface area contributed by atoms with Gasteiger partial charge in [0.15, 0.2) is 0 Å². The fraction of sp³-hybridized carbons (Fsp3) is 0.368. The predicted molar refractivity (Wildman–Crippen MR) is 86.4 cm³/mol. The van der Waals surface area contributed by atoms with Gasteiger partial charge in [-0.3, -0.25) is 0 Å². The first-order valence-electron chi connectivity index (χ1n) is 7.73. The van der Waals surface area contributed by atoms with Gasteiger partial charge in [-0.1, -0.05) is 55.5 Å². The maximum Gasteiger partial charge on any atom is 0.103 e. The minimum absolute atomic E-state index is 0.157. The van der Waals surface area contributed by atoms with Crippen molar-refractivity contribution in [2.45, 2.75) is 38.3 Å². The largest absolute Gasteiger partial charge is 0.384 e. The Kier molecular flexibility index (Phi) is 3.83. The van der Waals surface area contributed by atoms with Crippen LogP contribution in [0.2, 0.25) is 0 Å². The molecule has 0 aliphatic heterocycles. The topological polar surface area (TPSA) is 32.3 Å². The van der Waals surface area contributed by atoms with Crippen LogP contribution in [0, 0.1) is 0 Å². The molecule has 0 saturated heterocycles. The van der Waals surface area contributed by atoms with E-state index in [1.807, 2.05) is 25.1 Å². The van der Waals surface area contributed by atoms with E-state index in [2.05, 4.69) is 42.6 Å². The minimum Gasteiger partial charge on any atom is -0.384 e. The molecular formula is C19H23NO. The second-order valence-corrected chi connectivity index (χ2v) is 6.12. The molecule has 2 N–H and O–H groups in total. The third-order valence-corrected chi connectivity index (χ3v) is 4.52. The Morgan fingerprint density at radius 2 is 1.81 bits per heavy atom. The zero-order chi connectivity index (χ0) is 14.9. The maximum absolute atomic E-state index is 10.4. The van der Waals surface area contributed by atoms with Crippen molar-refractivity contribution >= 4 is 0 Å². The van der Waals surface area contributed by atoms with Crippen LogP contribution in [0.3, 0.4) is 0 Å². The van der Waals surface area contributed by atoms with Crippen LogP contribution in [-0.4, -0.2) is 17.7 Å². The van der Waals surface area contributed by atoms with Gasteiger partial charge in [0, 0.05) is 6.04 Å². The Balaban J connectivity index is 0.000000156. The van der Waals surface area contributed by atoms with Gasteiger partial charge in [-0.15, -0.1) is 0 Å². The molecule has 0 heterocycles.